The lowest BCUT2D eigenvalue weighted by molar-refractivity contribution is -0.177. The molecule has 8 heteroatoms. The maximum absolute atomic E-state index is 12.0. The van der Waals surface area contributed by atoms with Crippen molar-refractivity contribution in [1.29, 1.82) is 0 Å². The van der Waals surface area contributed by atoms with Gasteiger partial charge in [-0.25, -0.2) is 9.78 Å². The number of oxazole rings is 1. The molecular weight excluding hydrogens is 279 g/mol. The van der Waals surface area contributed by atoms with Crippen LogP contribution < -0.4 is 0 Å². The second kappa shape index (κ2) is 5.82. The molecular formula is C12H16F3NO4. The molecule has 0 spiro atoms. The van der Waals surface area contributed by atoms with Crippen LogP contribution in [0.1, 0.15) is 42.9 Å². The Morgan fingerprint density at radius 1 is 1.30 bits per heavy atom. The number of alkyl halides is 3. The van der Waals surface area contributed by atoms with Gasteiger partial charge in [0.2, 0.25) is 11.7 Å². The summed E-state index contributed by atoms with van der Waals surface area (Å²) in [6.45, 7) is 3.49. The first-order valence-electron chi connectivity index (χ1n) is 5.77. The topological polar surface area (TPSA) is 61.6 Å². The van der Waals surface area contributed by atoms with Crippen LogP contribution in [0.15, 0.2) is 4.42 Å². The van der Waals surface area contributed by atoms with Crippen LogP contribution in [0, 0.1) is 0 Å². The Morgan fingerprint density at radius 3 is 2.35 bits per heavy atom. The number of hydrogen-bond donors (Lipinski definition) is 0. The van der Waals surface area contributed by atoms with Gasteiger partial charge in [0.25, 0.3) is 0 Å². The molecule has 0 aliphatic rings. The molecule has 1 rings (SSSR count). The molecule has 20 heavy (non-hydrogen) atoms. The van der Waals surface area contributed by atoms with Gasteiger partial charge in [0, 0.05) is 5.41 Å². The van der Waals surface area contributed by atoms with E-state index >= 15 is 0 Å². The highest BCUT2D eigenvalue weighted by Gasteiger charge is 2.31. The maximum atomic E-state index is 12.0. The highest BCUT2D eigenvalue weighted by molar-refractivity contribution is 5.87. The number of halogens is 3. The predicted octanol–water partition coefficient (Wildman–Crippen LogP) is 2.84. The largest absolute Gasteiger partial charge is 0.463 e. The number of methoxy groups -OCH3 is 1. The Hall–Kier alpha value is -1.57. The van der Waals surface area contributed by atoms with Crippen molar-refractivity contribution in [2.45, 2.75) is 39.0 Å². The maximum Gasteiger partial charge on any atom is 0.411 e. The Kier molecular flexibility index (Phi) is 4.80. The van der Waals surface area contributed by atoms with Crippen LogP contribution in [0.4, 0.5) is 13.2 Å². The van der Waals surface area contributed by atoms with Crippen LogP contribution in [0.5, 0.6) is 0 Å². The molecule has 0 saturated carbocycles. The van der Waals surface area contributed by atoms with Crippen molar-refractivity contribution in [3.63, 3.8) is 0 Å². The van der Waals surface area contributed by atoms with Crippen molar-refractivity contribution in [1.82, 2.24) is 4.98 Å². The number of nitrogens with zero attached hydrogens (tertiary/aromatic N) is 1. The summed E-state index contributed by atoms with van der Waals surface area (Å²) >= 11 is 0. The number of carbonyl (C=O) groups excluding carboxylic acids is 1. The van der Waals surface area contributed by atoms with Crippen molar-refractivity contribution >= 4 is 5.97 Å². The number of ether oxygens (including phenoxy) is 2. The first kappa shape index (κ1) is 16.5. The Labute approximate surface area is 114 Å². The van der Waals surface area contributed by atoms with Gasteiger partial charge in [0.1, 0.15) is 13.2 Å². The van der Waals surface area contributed by atoms with Crippen LogP contribution in [-0.4, -0.2) is 30.8 Å². The second-order valence-corrected chi connectivity index (χ2v) is 5.13. The van der Waals surface area contributed by atoms with Gasteiger partial charge in [0.05, 0.1) is 12.8 Å². The lowest BCUT2D eigenvalue weighted by Crippen LogP contribution is -2.17. The van der Waals surface area contributed by atoms with Crippen LogP contribution in [0.25, 0.3) is 0 Å². The zero-order valence-electron chi connectivity index (χ0n) is 11.6. The van der Waals surface area contributed by atoms with E-state index in [2.05, 4.69) is 14.5 Å². The summed E-state index contributed by atoms with van der Waals surface area (Å²) < 4.78 is 50.0. The number of rotatable bonds is 4. The molecule has 0 bridgehead atoms. The summed E-state index contributed by atoms with van der Waals surface area (Å²) in [6, 6.07) is 0. The fourth-order valence-corrected chi connectivity index (χ4v) is 1.42. The van der Waals surface area contributed by atoms with Gasteiger partial charge in [-0.2, -0.15) is 13.2 Å². The minimum atomic E-state index is -4.43. The minimum Gasteiger partial charge on any atom is -0.463 e. The molecule has 0 saturated heterocycles. The quantitative estimate of drug-likeness (QED) is 0.799. The average Bonchev–Trinajstić information content (AvgIpc) is 2.70. The summed E-state index contributed by atoms with van der Waals surface area (Å²) in [5, 5.41) is 0. The van der Waals surface area contributed by atoms with E-state index in [1.165, 1.54) is 7.11 Å². The molecule has 1 heterocycles. The van der Waals surface area contributed by atoms with Crippen LogP contribution >= 0.6 is 0 Å². The highest BCUT2D eigenvalue weighted by Crippen LogP contribution is 2.27. The lowest BCUT2D eigenvalue weighted by Gasteiger charge is -2.15. The van der Waals surface area contributed by atoms with Crippen molar-refractivity contribution in [3.05, 3.63) is 17.3 Å². The highest BCUT2D eigenvalue weighted by atomic mass is 19.4. The number of hydrogen-bond acceptors (Lipinski definition) is 5. The smallest absolute Gasteiger partial charge is 0.411 e. The molecule has 1 aromatic rings. The molecule has 0 unspecified atom stereocenters. The normalized spacial score (nSPS) is 12.6. The molecule has 0 fully saturated rings. The van der Waals surface area contributed by atoms with Gasteiger partial charge in [-0.05, 0) is 0 Å². The van der Waals surface area contributed by atoms with E-state index in [1.807, 2.05) is 0 Å². The molecule has 0 aromatic carbocycles. The zero-order valence-corrected chi connectivity index (χ0v) is 11.6. The molecule has 5 nitrogen and oxygen atoms in total. The first-order valence-corrected chi connectivity index (χ1v) is 5.77. The summed E-state index contributed by atoms with van der Waals surface area (Å²) in [4.78, 5) is 15.6. The van der Waals surface area contributed by atoms with E-state index in [4.69, 9.17) is 4.42 Å². The van der Waals surface area contributed by atoms with Crippen molar-refractivity contribution in [2.24, 2.45) is 0 Å². The molecule has 0 radical (unpaired) electrons. The standard InChI is InChI=1S/C12H16F3NO4/c1-11(2,3)9-8(10(17)18-4)20-7(16-9)5-19-6-12(13,14)15/h5-6H2,1-4H3. The monoisotopic (exact) mass is 295 g/mol. The Bertz CT molecular complexity index is 474. The van der Waals surface area contributed by atoms with E-state index in [1.54, 1.807) is 20.8 Å². The van der Waals surface area contributed by atoms with E-state index in [9.17, 15) is 18.0 Å². The van der Waals surface area contributed by atoms with Crippen LogP contribution in [-0.2, 0) is 21.5 Å². The fourth-order valence-electron chi connectivity index (χ4n) is 1.42. The fraction of sp³-hybridized carbons (Fsp3) is 0.667. The van der Waals surface area contributed by atoms with Crippen molar-refractivity contribution in [3.8, 4) is 0 Å². The van der Waals surface area contributed by atoms with Gasteiger partial charge in [0.15, 0.2) is 0 Å². The van der Waals surface area contributed by atoms with E-state index in [0.29, 0.717) is 5.69 Å². The molecule has 0 aliphatic heterocycles. The van der Waals surface area contributed by atoms with E-state index in [0.717, 1.165) is 0 Å². The number of aromatic nitrogens is 1. The van der Waals surface area contributed by atoms with Crippen LogP contribution in [0.2, 0.25) is 0 Å². The molecule has 0 N–H and O–H groups in total. The Morgan fingerprint density at radius 2 is 1.90 bits per heavy atom. The molecule has 114 valence electrons. The second-order valence-electron chi connectivity index (χ2n) is 5.13. The van der Waals surface area contributed by atoms with E-state index in [-0.39, 0.29) is 11.7 Å². The van der Waals surface area contributed by atoms with Gasteiger partial charge in [-0.1, -0.05) is 20.8 Å². The van der Waals surface area contributed by atoms with Gasteiger partial charge in [-0.3, -0.25) is 0 Å². The molecule has 0 amide bonds. The van der Waals surface area contributed by atoms with Crippen molar-refractivity contribution in [2.75, 3.05) is 13.7 Å². The van der Waals surface area contributed by atoms with Gasteiger partial charge in [-0.15, -0.1) is 0 Å². The summed E-state index contributed by atoms with van der Waals surface area (Å²) in [7, 11) is 1.18. The van der Waals surface area contributed by atoms with Gasteiger partial charge >= 0.3 is 12.1 Å². The predicted molar refractivity (Wildman–Crippen MR) is 62.3 cm³/mol. The average molecular weight is 295 g/mol. The SMILES string of the molecule is COC(=O)c1oc(COCC(F)(F)F)nc1C(C)(C)C. The minimum absolute atomic E-state index is 0.0976. The van der Waals surface area contributed by atoms with E-state index < -0.39 is 30.8 Å². The summed E-state index contributed by atoms with van der Waals surface area (Å²) in [5.41, 5.74) is -0.204. The first-order chi connectivity index (χ1) is 9.04. The van der Waals surface area contributed by atoms with Crippen LogP contribution in [0.3, 0.4) is 0 Å². The lowest BCUT2D eigenvalue weighted by atomic mass is 9.91. The Balaban J connectivity index is 2.89. The third kappa shape index (κ3) is 4.52. The summed E-state index contributed by atoms with van der Waals surface area (Å²) in [5.74, 6) is -0.949. The third-order valence-corrected chi connectivity index (χ3v) is 2.24. The summed E-state index contributed by atoms with van der Waals surface area (Å²) in [6.07, 6.45) is -4.43. The van der Waals surface area contributed by atoms with Gasteiger partial charge < -0.3 is 13.9 Å². The molecule has 1 aromatic heterocycles. The van der Waals surface area contributed by atoms with Crippen molar-refractivity contribution < 1.29 is 31.9 Å². The molecule has 0 atom stereocenters. The zero-order chi connectivity index (χ0) is 15.6. The number of esters is 1. The number of carbonyl (C=O) groups is 1. The molecule has 0 aliphatic carbocycles. The third-order valence-electron chi connectivity index (χ3n) is 2.24.